The van der Waals surface area contributed by atoms with E-state index >= 15 is 0 Å². The van der Waals surface area contributed by atoms with Crippen molar-refractivity contribution in [1.82, 2.24) is 0 Å². The van der Waals surface area contributed by atoms with E-state index in [4.69, 9.17) is 14.2 Å². The third-order valence-electron chi connectivity index (χ3n) is 3.65. The first kappa shape index (κ1) is 18.6. The molecule has 0 heterocycles. The van der Waals surface area contributed by atoms with Crippen molar-refractivity contribution < 1.29 is 19.0 Å². The van der Waals surface area contributed by atoms with Crippen molar-refractivity contribution in [1.29, 1.82) is 0 Å². The van der Waals surface area contributed by atoms with E-state index in [0.29, 0.717) is 29.4 Å². The maximum Gasteiger partial charge on any atom is 0.343 e. The number of methoxy groups -OCH3 is 1. The SMILES string of the molecule is C/C=C/c1cc(C(=O)Oc2cc(OCCC)ccc2C)ccc1OC. The van der Waals surface area contributed by atoms with Gasteiger partial charge in [-0.25, -0.2) is 4.79 Å². The van der Waals surface area contributed by atoms with Crippen molar-refractivity contribution in [2.45, 2.75) is 27.2 Å². The summed E-state index contributed by atoms with van der Waals surface area (Å²) in [5.41, 5.74) is 2.17. The zero-order valence-electron chi connectivity index (χ0n) is 15.2. The van der Waals surface area contributed by atoms with Gasteiger partial charge >= 0.3 is 5.97 Å². The molecule has 25 heavy (non-hydrogen) atoms. The molecule has 0 saturated heterocycles. The van der Waals surface area contributed by atoms with Crippen molar-refractivity contribution in [3.05, 3.63) is 59.2 Å². The molecule has 2 aromatic rings. The zero-order chi connectivity index (χ0) is 18.2. The third-order valence-corrected chi connectivity index (χ3v) is 3.65. The lowest BCUT2D eigenvalue weighted by atomic mass is 10.1. The molecule has 132 valence electrons. The van der Waals surface area contributed by atoms with Crippen LogP contribution in [-0.4, -0.2) is 19.7 Å². The molecule has 4 nitrogen and oxygen atoms in total. The average Bonchev–Trinajstić information content (AvgIpc) is 2.62. The largest absolute Gasteiger partial charge is 0.496 e. The molecule has 0 unspecified atom stereocenters. The van der Waals surface area contributed by atoms with E-state index in [0.717, 1.165) is 17.5 Å². The molecule has 0 spiro atoms. The summed E-state index contributed by atoms with van der Waals surface area (Å²) < 4.78 is 16.5. The van der Waals surface area contributed by atoms with Crippen molar-refractivity contribution >= 4 is 12.0 Å². The minimum atomic E-state index is -0.413. The van der Waals surface area contributed by atoms with Crippen LogP contribution in [0, 0.1) is 6.92 Å². The Hall–Kier alpha value is -2.75. The smallest absolute Gasteiger partial charge is 0.343 e. The van der Waals surface area contributed by atoms with Gasteiger partial charge in [0.15, 0.2) is 0 Å². The lowest BCUT2D eigenvalue weighted by Crippen LogP contribution is -2.10. The normalized spacial score (nSPS) is 10.7. The van der Waals surface area contributed by atoms with Crippen LogP contribution in [0.3, 0.4) is 0 Å². The van der Waals surface area contributed by atoms with Crippen LogP contribution in [-0.2, 0) is 0 Å². The fourth-order valence-electron chi connectivity index (χ4n) is 2.33. The highest BCUT2D eigenvalue weighted by Gasteiger charge is 2.13. The Bertz CT molecular complexity index is 762. The molecule has 2 aromatic carbocycles. The average molecular weight is 340 g/mol. The molecular weight excluding hydrogens is 316 g/mol. The Labute approximate surface area is 149 Å². The Morgan fingerprint density at radius 1 is 1.12 bits per heavy atom. The molecule has 0 aliphatic carbocycles. The Morgan fingerprint density at radius 3 is 2.60 bits per heavy atom. The minimum absolute atomic E-state index is 0.413. The molecule has 0 fully saturated rings. The van der Waals surface area contributed by atoms with Crippen molar-refractivity contribution in [2.75, 3.05) is 13.7 Å². The molecule has 0 aliphatic heterocycles. The van der Waals surface area contributed by atoms with Crippen molar-refractivity contribution in [3.8, 4) is 17.2 Å². The second kappa shape index (κ2) is 8.92. The Morgan fingerprint density at radius 2 is 1.92 bits per heavy atom. The zero-order valence-corrected chi connectivity index (χ0v) is 15.2. The van der Waals surface area contributed by atoms with Gasteiger partial charge in [0.05, 0.1) is 19.3 Å². The number of carbonyl (C=O) groups is 1. The Kier molecular flexibility index (Phi) is 6.63. The lowest BCUT2D eigenvalue weighted by molar-refractivity contribution is 0.0733. The molecule has 0 saturated carbocycles. The summed E-state index contributed by atoms with van der Waals surface area (Å²) in [4.78, 5) is 12.5. The van der Waals surface area contributed by atoms with Crippen LogP contribution in [0.2, 0.25) is 0 Å². The maximum atomic E-state index is 12.5. The van der Waals surface area contributed by atoms with Gasteiger partial charge in [-0.2, -0.15) is 0 Å². The third kappa shape index (κ3) is 4.86. The molecule has 2 rings (SSSR count). The van der Waals surface area contributed by atoms with E-state index in [-0.39, 0.29) is 0 Å². The van der Waals surface area contributed by atoms with Crippen LogP contribution in [0.1, 0.15) is 41.8 Å². The number of allylic oxidation sites excluding steroid dienone is 1. The molecular formula is C21H24O4. The first-order valence-electron chi connectivity index (χ1n) is 8.35. The minimum Gasteiger partial charge on any atom is -0.496 e. The maximum absolute atomic E-state index is 12.5. The molecule has 0 aromatic heterocycles. The second-order valence-corrected chi connectivity index (χ2v) is 5.62. The number of benzene rings is 2. The number of ether oxygens (including phenoxy) is 3. The number of aryl methyl sites for hydroxylation is 1. The summed E-state index contributed by atoms with van der Waals surface area (Å²) in [5, 5.41) is 0. The van der Waals surface area contributed by atoms with Gasteiger partial charge in [-0.05, 0) is 50.1 Å². The van der Waals surface area contributed by atoms with E-state index in [1.54, 1.807) is 31.4 Å². The molecule has 0 radical (unpaired) electrons. The summed E-state index contributed by atoms with van der Waals surface area (Å²) in [7, 11) is 1.60. The highest BCUT2D eigenvalue weighted by atomic mass is 16.5. The molecule has 0 bridgehead atoms. The predicted octanol–water partition coefficient (Wildman–Crippen LogP) is 5.04. The van der Waals surface area contributed by atoms with Gasteiger partial charge in [0.1, 0.15) is 17.2 Å². The number of rotatable bonds is 7. The van der Waals surface area contributed by atoms with Crippen LogP contribution in [0.4, 0.5) is 0 Å². The molecule has 0 N–H and O–H groups in total. The van der Waals surface area contributed by atoms with Crippen LogP contribution >= 0.6 is 0 Å². The Balaban J connectivity index is 2.23. The van der Waals surface area contributed by atoms with Gasteiger partial charge in [-0.15, -0.1) is 0 Å². The summed E-state index contributed by atoms with van der Waals surface area (Å²) in [6.07, 6.45) is 4.70. The second-order valence-electron chi connectivity index (χ2n) is 5.62. The highest BCUT2D eigenvalue weighted by Crippen LogP contribution is 2.26. The quantitative estimate of drug-likeness (QED) is 0.523. The van der Waals surface area contributed by atoms with E-state index in [2.05, 4.69) is 0 Å². The van der Waals surface area contributed by atoms with Crippen LogP contribution in [0.25, 0.3) is 6.08 Å². The standard InChI is InChI=1S/C21H24O4/c1-5-7-16-13-17(9-11-19(16)23-4)21(22)25-20-14-18(24-12-6-2)10-8-15(20)3/h5,7-11,13-14H,6,12H2,1-4H3/b7-5+. The number of carbonyl (C=O) groups excluding carboxylic acids is 1. The van der Waals surface area contributed by atoms with E-state index < -0.39 is 5.97 Å². The fourth-order valence-corrected chi connectivity index (χ4v) is 2.33. The van der Waals surface area contributed by atoms with Gasteiger partial charge < -0.3 is 14.2 Å². The number of esters is 1. The van der Waals surface area contributed by atoms with Gasteiger partial charge in [-0.3, -0.25) is 0 Å². The predicted molar refractivity (Wildman–Crippen MR) is 99.6 cm³/mol. The molecule has 4 heteroatoms. The fraction of sp³-hybridized carbons (Fsp3) is 0.286. The van der Waals surface area contributed by atoms with Crippen molar-refractivity contribution in [3.63, 3.8) is 0 Å². The topological polar surface area (TPSA) is 44.8 Å². The van der Waals surface area contributed by atoms with E-state index in [9.17, 15) is 4.79 Å². The number of hydrogen-bond donors (Lipinski definition) is 0. The summed E-state index contributed by atoms with van der Waals surface area (Å²) in [5.74, 6) is 1.49. The molecule has 0 aliphatic rings. The lowest BCUT2D eigenvalue weighted by Gasteiger charge is -2.11. The van der Waals surface area contributed by atoms with Crippen LogP contribution in [0.15, 0.2) is 42.5 Å². The van der Waals surface area contributed by atoms with Gasteiger partial charge in [0.2, 0.25) is 0 Å². The van der Waals surface area contributed by atoms with Crippen LogP contribution < -0.4 is 14.2 Å². The number of hydrogen-bond acceptors (Lipinski definition) is 4. The first-order valence-corrected chi connectivity index (χ1v) is 8.35. The monoisotopic (exact) mass is 340 g/mol. The van der Waals surface area contributed by atoms with E-state index in [1.165, 1.54) is 0 Å². The van der Waals surface area contributed by atoms with E-state index in [1.807, 2.05) is 45.1 Å². The van der Waals surface area contributed by atoms with Gasteiger partial charge in [0, 0.05) is 11.6 Å². The summed E-state index contributed by atoms with van der Waals surface area (Å²) in [6.45, 7) is 6.48. The first-order chi connectivity index (χ1) is 12.1. The molecule has 0 amide bonds. The molecule has 0 atom stereocenters. The van der Waals surface area contributed by atoms with Gasteiger partial charge in [0.25, 0.3) is 0 Å². The summed E-state index contributed by atoms with van der Waals surface area (Å²) in [6, 6.07) is 10.7. The van der Waals surface area contributed by atoms with Crippen molar-refractivity contribution in [2.24, 2.45) is 0 Å². The summed E-state index contributed by atoms with van der Waals surface area (Å²) >= 11 is 0. The van der Waals surface area contributed by atoms with Crippen LogP contribution in [0.5, 0.6) is 17.2 Å². The van der Waals surface area contributed by atoms with Gasteiger partial charge in [-0.1, -0.05) is 25.1 Å². The highest BCUT2D eigenvalue weighted by molar-refractivity contribution is 5.92.